The van der Waals surface area contributed by atoms with Crippen molar-refractivity contribution in [2.24, 2.45) is 5.41 Å². The number of hydrogen-bond donors (Lipinski definition) is 1. The molecule has 0 saturated heterocycles. The average Bonchev–Trinajstić information content (AvgIpc) is 2.89. The number of hydrogen-bond acceptors (Lipinski definition) is 3. The topological polar surface area (TPSA) is 35.8 Å². The fourth-order valence-corrected chi connectivity index (χ4v) is 2.59. The molecule has 1 fully saturated rings. The van der Waals surface area contributed by atoms with E-state index in [-0.39, 0.29) is 12.4 Å². The zero-order valence-corrected chi connectivity index (χ0v) is 11.1. The largest absolute Gasteiger partial charge is 0.311 e. The van der Waals surface area contributed by atoms with E-state index in [0.717, 1.165) is 18.0 Å². The Bertz CT molecular complexity index is 377. The van der Waals surface area contributed by atoms with Crippen molar-refractivity contribution in [1.82, 2.24) is 5.32 Å². The molecule has 1 aliphatic rings. The average molecular weight is 257 g/mol. The maximum atomic E-state index is 8.69. The Kier molecular flexibility index (Phi) is 4.79. The van der Waals surface area contributed by atoms with E-state index in [9.17, 15) is 0 Å². The van der Waals surface area contributed by atoms with Crippen molar-refractivity contribution in [2.75, 3.05) is 6.54 Å². The SMILES string of the molecule is CCC1(CNCc2ccc(C#N)s2)CC1.Cl. The van der Waals surface area contributed by atoms with Gasteiger partial charge in [-0.1, -0.05) is 6.92 Å². The van der Waals surface area contributed by atoms with Crippen molar-refractivity contribution in [2.45, 2.75) is 32.7 Å². The van der Waals surface area contributed by atoms with Gasteiger partial charge in [-0.2, -0.15) is 5.26 Å². The van der Waals surface area contributed by atoms with E-state index in [4.69, 9.17) is 5.26 Å². The Balaban J connectivity index is 0.00000128. The molecule has 1 aliphatic carbocycles. The van der Waals surface area contributed by atoms with Crippen molar-refractivity contribution in [3.8, 4) is 6.07 Å². The van der Waals surface area contributed by atoms with E-state index in [2.05, 4.69) is 18.3 Å². The first-order valence-corrected chi connectivity index (χ1v) is 6.29. The predicted octanol–water partition coefficient (Wildman–Crippen LogP) is 3.32. The third-order valence-electron chi connectivity index (χ3n) is 3.28. The highest BCUT2D eigenvalue weighted by Crippen LogP contribution is 2.47. The maximum Gasteiger partial charge on any atom is 0.110 e. The first kappa shape index (κ1) is 13.5. The fraction of sp³-hybridized carbons (Fsp3) is 0.583. The summed E-state index contributed by atoms with van der Waals surface area (Å²) in [5.41, 5.74) is 0.606. The molecule has 0 bridgehead atoms. The number of nitriles is 1. The van der Waals surface area contributed by atoms with E-state index in [1.807, 2.05) is 12.1 Å². The minimum absolute atomic E-state index is 0. The molecule has 0 aromatic carbocycles. The lowest BCUT2D eigenvalue weighted by atomic mass is 10.0. The van der Waals surface area contributed by atoms with Crippen LogP contribution in [0.15, 0.2) is 12.1 Å². The van der Waals surface area contributed by atoms with Gasteiger partial charge >= 0.3 is 0 Å². The molecule has 1 aromatic heterocycles. The monoisotopic (exact) mass is 256 g/mol. The molecule has 1 saturated carbocycles. The van der Waals surface area contributed by atoms with Gasteiger partial charge in [0.2, 0.25) is 0 Å². The van der Waals surface area contributed by atoms with E-state index in [1.165, 1.54) is 24.1 Å². The molecule has 4 heteroatoms. The third-order valence-corrected chi connectivity index (χ3v) is 4.27. The van der Waals surface area contributed by atoms with Crippen LogP contribution in [0.1, 0.15) is 35.9 Å². The van der Waals surface area contributed by atoms with Gasteiger partial charge in [0.1, 0.15) is 10.9 Å². The molecule has 2 nitrogen and oxygen atoms in total. The Morgan fingerprint density at radius 3 is 2.75 bits per heavy atom. The van der Waals surface area contributed by atoms with Crippen molar-refractivity contribution < 1.29 is 0 Å². The Morgan fingerprint density at radius 1 is 1.50 bits per heavy atom. The van der Waals surface area contributed by atoms with Crippen molar-refractivity contribution in [3.05, 3.63) is 21.9 Å². The van der Waals surface area contributed by atoms with E-state index in [0.29, 0.717) is 5.41 Å². The second-order valence-corrected chi connectivity index (χ2v) is 5.50. The lowest BCUT2D eigenvalue weighted by Gasteiger charge is -2.12. The van der Waals surface area contributed by atoms with E-state index >= 15 is 0 Å². The smallest absolute Gasteiger partial charge is 0.110 e. The zero-order valence-electron chi connectivity index (χ0n) is 9.45. The van der Waals surface area contributed by atoms with Gasteiger partial charge in [0.15, 0.2) is 0 Å². The summed E-state index contributed by atoms with van der Waals surface area (Å²) in [6.07, 6.45) is 4.04. The van der Waals surface area contributed by atoms with Crippen LogP contribution < -0.4 is 5.32 Å². The van der Waals surface area contributed by atoms with Crippen LogP contribution in [0.4, 0.5) is 0 Å². The normalized spacial score (nSPS) is 16.2. The summed E-state index contributed by atoms with van der Waals surface area (Å²) < 4.78 is 0. The highest BCUT2D eigenvalue weighted by molar-refractivity contribution is 7.12. The third kappa shape index (κ3) is 3.21. The van der Waals surface area contributed by atoms with Crippen molar-refractivity contribution in [1.29, 1.82) is 5.26 Å². The van der Waals surface area contributed by atoms with Crippen LogP contribution in [0, 0.1) is 16.7 Å². The lowest BCUT2D eigenvalue weighted by Crippen LogP contribution is -2.22. The van der Waals surface area contributed by atoms with Gasteiger partial charge in [-0.15, -0.1) is 23.7 Å². The maximum absolute atomic E-state index is 8.69. The molecular formula is C12H17ClN2S. The molecular weight excluding hydrogens is 240 g/mol. The summed E-state index contributed by atoms with van der Waals surface area (Å²) >= 11 is 1.59. The molecule has 2 rings (SSSR count). The Morgan fingerprint density at radius 2 is 2.25 bits per heavy atom. The molecule has 1 N–H and O–H groups in total. The first-order chi connectivity index (χ1) is 7.28. The Hall–Kier alpha value is -0.560. The summed E-state index contributed by atoms with van der Waals surface area (Å²) in [5, 5.41) is 12.2. The minimum Gasteiger partial charge on any atom is -0.311 e. The molecule has 0 spiro atoms. The van der Waals surface area contributed by atoms with Gasteiger partial charge in [-0.3, -0.25) is 0 Å². The van der Waals surface area contributed by atoms with Gasteiger partial charge in [0, 0.05) is 18.0 Å². The molecule has 1 aromatic rings. The molecule has 1 heterocycles. The summed E-state index contributed by atoms with van der Waals surface area (Å²) in [6, 6.07) is 6.11. The fourth-order valence-electron chi connectivity index (χ4n) is 1.82. The predicted molar refractivity (Wildman–Crippen MR) is 69.9 cm³/mol. The van der Waals surface area contributed by atoms with Gasteiger partial charge in [-0.05, 0) is 36.8 Å². The summed E-state index contributed by atoms with van der Waals surface area (Å²) in [5.74, 6) is 0. The number of nitrogens with one attached hydrogen (secondary N) is 1. The highest BCUT2D eigenvalue weighted by Gasteiger charge is 2.39. The van der Waals surface area contributed by atoms with Crippen LogP contribution in [0.2, 0.25) is 0 Å². The zero-order chi connectivity index (χ0) is 10.7. The minimum atomic E-state index is 0. The molecule has 0 amide bonds. The van der Waals surface area contributed by atoms with Crippen LogP contribution in [0.5, 0.6) is 0 Å². The van der Waals surface area contributed by atoms with Crippen molar-refractivity contribution >= 4 is 23.7 Å². The van der Waals surface area contributed by atoms with Gasteiger partial charge < -0.3 is 5.32 Å². The second-order valence-electron chi connectivity index (χ2n) is 4.33. The summed E-state index contributed by atoms with van der Waals surface area (Å²) in [6.45, 7) is 4.31. The Labute approximate surface area is 107 Å². The number of nitrogens with zero attached hydrogens (tertiary/aromatic N) is 1. The molecule has 0 aliphatic heterocycles. The number of thiophene rings is 1. The lowest BCUT2D eigenvalue weighted by molar-refractivity contribution is 0.444. The summed E-state index contributed by atoms with van der Waals surface area (Å²) in [7, 11) is 0. The number of halogens is 1. The molecule has 0 atom stereocenters. The van der Waals surface area contributed by atoms with Crippen LogP contribution >= 0.6 is 23.7 Å². The van der Waals surface area contributed by atoms with Crippen LogP contribution in [0.25, 0.3) is 0 Å². The van der Waals surface area contributed by atoms with Crippen molar-refractivity contribution in [3.63, 3.8) is 0 Å². The standard InChI is InChI=1S/C12H16N2S.ClH/c1-2-12(5-6-12)9-14-8-11-4-3-10(7-13)15-11;/h3-4,14H,2,5-6,8-9H2,1H3;1H. The van der Waals surface area contributed by atoms with Gasteiger partial charge in [0.25, 0.3) is 0 Å². The van der Waals surface area contributed by atoms with Crippen LogP contribution in [0.3, 0.4) is 0 Å². The first-order valence-electron chi connectivity index (χ1n) is 5.47. The van der Waals surface area contributed by atoms with Crippen LogP contribution in [-0.2, 0) is 6.54 Å². The van der Waals surface area contributed by atoms with Crippen LogP contribution in [-0.4, -0.2) is 6.54 Å². The van der Waals surface area contributed by atoms with E-state index < -0.39 is 0 Å². The number of rotatable bonds is 5. The molecule has 0 radical (unpaired) electrons. The second kappa shape index (κ2) is 5.67. The van der Waals surface area contributed by atoms with E-state index in [1.54, 1.807) is 11.3 Å². The quantitative estimate of drug-likeness (QED) is 0.877. The molecule has 88 valence electrons. The molecule has 16 heavy (non-hydrogen) atoms. The van der Waals surface area contributed by atoms with Gasteiger partial charge in [-0.25, -0.2) is 0 Å². The van der Waals surface area contributed by atoms with Gasteiger partial charge in [0.05, 0.1) is 0 Å². The summed E-state index contributed by atoms with van der Waals surface area (Å²) in [4.78, 5) is 2.07. The highest BCUT2D eigenvalue weighted by atomic mass is 35.5. The molecule has 0 unspecified atom stereocenters.